The number of aromatic hydroxyl groups is 1. The van der Waals surface area contributed by atoms with E-state index >= 15 is 0 Å². The van der Waals surface area contributed by atoms with Gasteiger partial charge in [0.05, 0.1) is 11.7 Å². The van der Waals surface area contributed by atoms with Crippen LogP contribution in [0.3, 0.4) is 0 Å². The number of benzene rings is 1. The Labute approximate surface area is 113 Å². The summed E-state index contributed by atoms with van der Waals surface area (Å²) in [5.41, 5.74) is 0.870. The summed E-state index contributed by atoms with van der Waals surface area (Å²) in [6.45, 7) is 5.21. The standard InChI is InChI=1S/C14H21N3O2/c1-11(14(19)15-2)16-7-9-17(10-8-16)12-5-3-4-6-13(12)18/h3-6,11,18H,7-10H2,1-2H3,(H,15,19)/t11-/m1/s1. The van der Waals surface area contributed by atoms with Gasteiger partial charge in [-0.1, -0.05) is 12.1 Å². The number of likely N-dealkylation sites (N-methyl/N-ethyl adjacent to an activating group) is 1. The van der Waals surface area contributed by atoms with Gasteiger partial charge >= 0.3 is 0 Å². The van der Waals surface area contributed by atoms with Gasteiger partial charge < -0.3 is 15.3 Å². The lowest BCUT2D eigenvalue weighted by molar-refractivity contribution is -0.125. The number of phenolic OH excluding ortho intramolecular Hbond substituents is 1. The molecule has 0 bridgehead atoms. The van der Waals surface area contributed by atoms with Crippen molar-refractivity contribution >= 4 is 11.6 Å². The van der Waals surface area contributed by atoms with E-state index in [1.807, 2.05) is 25.1 Å². The summed E-state index contributed by atoms with van der Waals surface area (Å²) < 4.78 is 0. The molecule has 0 unspecified atom stereocenters. The van der Waals surface area contributed by atoms with Crippen LogP contribution in [-0.4, -0.2) is 55.2 Å². The third-order valence-corrected chi connectivity index (χ3v) is 3.71. The highest BCUT2D eigenvalue weighted by atomic mass is 16.3. The van der Waals surface area contributed by atoms with Gasteiger partial charge in [-0.25, -0.2) is 0 Å². The zero-order valence-electron chi connectivity index (χ0n) is 11.5. The molecule has 1 aromatic carbocycles. The molecule has 1 heterocycles. The van der Waals surface area contributed by atoms with Crippen molar-refractivity contribution < 1.29 is 9.90 Å². The molecular weight excluding hydrogens is 242 g/mol. The Kier molecular flexibility index (Phi) is 4.27. The fourth-order valence-electron chi connectivity index (χ4n) is 2.46. The minimum atomic E-state index is -0.100. The first-order valence-corrected chi connectivity index (χ1v) is 6.62. The first-order chi connectivity index (χ1) is 9.13. The van der Waals surface area contributed by atoms with Gasteiger partial charge in [0, 0.05) is 33.2 Å². The van der Waals surface area contributed by atoms with Crippen molar-refractivity contribution in [1.82, 2.24) is 10.2 Å². The normalized spacial score (nSPS) is 18.1. The van der Waals surface area contributed by atoms with E-state index in [4.69, 9.17) is 0 Å². The molecule has 1 fully saturated rings. The average molecular weight is 263 g/mol. The highest BCUT2D eigenvalue weighted by molar-refractivity contribution is 5.81. The fourth-order valence-corrected chi connectivity index (χ4v) is 2.46. The Bertz CT molecular complexity index is 442. The van der Waals surface area contributed by atoms with Crippen molar-refractivity contribution in [3.8, 4) is 5.75 Å². The molecule has 104 valence electrons. The summed E-state index contributed by atoms with van der Waals surface area (Å²) in [6.07, 6.45) is 0. The molecule has 0 aliphatic carbocycles. The summed E-state index contributed by atoms with van der Waals surface area (Å²) >= 11 is 0. The zero-order valence-corrected chi connectivity index (χ0v) is 11.5. The summed E-state index contributed by atoms with van der Waals surface area (Å²) in [6, 6.07) is 7.27. The molecule has 2 rings (SSSR count). The molecule has 0 saturated carbocycles. The lowest BCUT2D eigenvalue weighted by Gasteiger charge is -2.38. The van der Waals surface area contributed by atoms with Crippen LogP contribution in [0.15, 0.2) is 24.3 Å². The van der Waals surface area contributed by atoms with Crippen molar-refractivity contribution in [2.45, 2.75) is 13.0 Å². The smallest absolute Gasteiger partial charge is 0.236 e. The first kappa shape index (κ1) is 13.7. The Balaban J connectivity index is 1.96. The summed E-state index contributed by atoms with van der Waals surface area (Å²) in [7, 11) is 1.66. The lowest BCUT2D eigenvalue weighted by Crippen LogP contribution is -2.53. The predicted molar refractivity (Wildman–Crippen MR) is 75.4 cm³/mol. The van der Waals surface area contributed by atoms with Gasteiger partial charge in [0.2, 0.25) is 5.91 Å². The van der Waals surface area contributed by atoms with Crippen LogP contribution in [0, 0.1) is 0 Å². The number of carbonyl (C=O) groups excluding carboxylic acids is 1. The number of phenols is 1. The van der Waals surface area contributed by atoms with Crippen molar-refractivity contribution in [3.63, 3.8) is 0 Å². The highest BCUT2D eigenvalue weighted by Gasteiger charge is 2.25. The number of rotatable bonds is 3. The van der Waals surface area contributed by atoms with Crippen LogP contribution in [0.1, 0.15) is 6.92 Å². The second kappa shape index (κ2) is 5.93. The molecule has 0 aromatic heterocycles. The van der Waals surface area contributed by atoms with Crippen molar-refractivity contribution in [3.05, 3.63) is 24.3 Å². The number of nitrogens with zero attached hydrogens (tertiary/aromatic N) is 2. The third-order valence-electron chi connectivity index (χ3n) is 3.71. The van der Waals surface area contributed by atoms with Crippen molar-refractivity contribution in [2.75, 3.05) is 38.1 Å². The van der Waals surface area contributed by atoms with Crippen molar-refractivity contribution in [2.24, 2.45) is 0 Å². The van der Waals surface area contributed by atoms with Gasteiger partial charge in [0.25, 0.3) is 0 Å². The number of nitrogens with one attached hydrogen (secondary N) is 1. The first-order valence-electron chi connectivity index (χ1n) is 6.62. The van der Waals surface area contributed by atoms with E-state index in [0.29, 0.717) is 5.75 Å². The van der Waals surface area contributed by atoms with Crippen LogP contribution in [0.4, 0.5) is 5.69 Å². The van der Waals surface area contributed by atoms with E-state index < -0.39 is 0 Å². The fraction of sp³-hybridized carbons (Fsp3) is 0.500. The monoisotopic (exact) mass is 263 g/mol. The lowest BCUT2D eigenvalue weighted by atomic mass is 10.2. The van der Waals surface area contributed by atoms with Crippen LogP contribution >= 0.6 is 0 Å². The molecule has 5 heteroatoms. The van der Waals surface area contributed by atoms with Gasteiger partial charge in [0.15, 0.2) is 0 Å². The molecule has 1 aliphatic rings. The molecule has 1 amide bonds. The Hall–Kier alpha value is -1.75. The van der Waals surface area contributed by atoms with Crippen LogP contribution in [0.2, 0.25) is 0 Å². The SMILES string of the molecule is CNC(=O)[C@@H](C)N1CCN(c2ccccc2O)CC1. The maximum absolute atomic E-state index is 11.6. The second-order valence-electron chi connectivity index (χ2n) is 4.80. The minimum Gasteiger partial charge on any atom is -0.506 e. The van der Waals surface area contributed by atoms with E-state index in [1.165, 1.54) is 0 Å². The number of piperazine rings is 1. The summed E-state index contributed by atoms with van der Waals surface area (Å²) in [5, 5.41) is 12.5. The molecule has 19 heavy (non-hydrogen) atoms. The molecule has 0 spiro atoms. The molecule has 1 aromatic rings. The molecule has 1 saturated heterocycles. The Morgan fingerprint density at radius 2 is 1.89 bits per heavy atom. The predicted octanol–water partition coefficient (Wildman–Crippen LogP) is 0.649. The van der Waals surface area contributed by atoms with Crippen LogP contribution in [0.25, 0.3) is 0 Å². The van der Waals surface area contributed by atoms with Gasteiger partial charge in [-0.3, -0.25) is 9.69 Å². The molecule has 5 nitrogen and oxygen atoms in total. The van der Waals surface area contributed by atoms with Gasteiger partial charge in [0.1, 0.15) is 5.75 Å². The number of hydrogen-bond acceptors (Lipinski definition) is 4. The van der Waals surface area contributed by atoms with Crippen LogP contribution in [-0.2, 0) is 4.79 Å². The topological polar surface area (TPSA) is 55.8 Å². The molecule has 0 radical (unpaired) electrons. The number of carbonyl (C=O) groups is 1. The van der Waals surface area contributed by atoms with Gasteiger partial charge in [-0.05, 0) is 19.1 Å². The second-order valence-corrected chi connectivity index (χ2v) is 4.80. The Morgan fingerprint density at radius 3 is 2.47 bits per heavy atom. The Morgan fingerprint density at radius 1 is 1.26 bits per heavy atom. The number of hydrogen-bond donors (Lipinski definition) is 2. The van der Waals surface area contributed by atoms with Gasteiger partial charge in [-0.2, -0.15) is 0 Å². The molecule has 1 atom stereocenters. The van der Waals surface area contributed by atoms with Crippen molar-refractivity contribution in [1.29, 1.82) is 0 Å². The number of para-hydroxylation sites is 2. The maximum atomic E-state index is 11.6. The molecule has 1 aliphatic heterocycles. The number of anilines is 1. The number of amides is 1. The maximum Gasteiger partial charge on any atom is 0.236 e. The van der Waals surface area contributed by atoms with E-state index in [9.17, 15) is 9.90 Å². The largest absolute Gasteiger partial charge is 0.506 e. The summed E-state index contributed by atoms with van der Waals surface area (Å²) in [4.78, 5) is 15.9. The zero-order chi connectivity index (χ0) is 13.8. The summed E-state index contributed by atoms with van der Waals surface area (Å²) in [5.74, 6) is 0.367. The van der Waals surface area contributed by atoms with E-state index in [-0.39, 0.29) is 11.9 Å². The van der Waals surface area contributed by atoms with Crippen LogP contribution < -0.4 is 10.2 Å². The quantitative estimate of drug-likeness (QED) is 0.840. The molecular formula is C14H21N3O2. The van der Waals surface area contributed by atoms with E-state index in [1.54, 1.807) is 13.1 Å². The average Bonchev–Trinajstić information content (AvgIpc) is 2.46. The minimum absolute atomic E-state index is 0.0519. The van der Waals surface area contributed by atoms with E-state index in [0.717, 1.165) is 31.9 Å². The van der Waals surface area contributed by atoms with E-state index in [2.05, 4.69) is 15.1 Å². The highest BCUT2D eigenvalue weighted by Crippen LogP contribution is 2.27. The van der Waals surface area contributed by atoms with Crippen LogP contribution in [0.5, 0.6) is 5.75 Å². The third kappa shape index (κ3) is 2.98. The van der Waals surface area contributed by atoms with Gasteiger partial charge in [-0.15, -0.1) is 0 Å². The molecule has 2 N–H and O–H groups in total.